The first-order chi connectivity index (χ1) is 11.4. The first kappa shape index (κ1) is 17.9. The van der Waals surface area contributed by atoms with Gasteiger partial charge in [0.05, 0.1) is 11.3 Å². The fraction of sp³-hybridized carbons (Fsp3) is 0.176. The topological polar surface area (TPSA) is 81.4 Å². The number of nitrogen functional groups attached to an aromatic ring is 1. The zero-order valence-electron chi connectivity index (χ0n) is 12.9. The van der Waals surface area contributed by atoms with Gasteiger partial charge in [-0.2, -0.15) is 0 Å². The molecule has 0 saturated carbocycles. The van der Waals surface area contributed by atoms with Crippen LogP contribution in [0.15, 0.2) is 46.9 Å². The SMILES string of the molecule is CCC(OC(=O)c1ccc(N)cc1)C(=O)Nc1ccc(Br)cc1F. The van der Waals surface area contributed by atoms with Crippen molar-refractivity contribution < 1.29 is 18.7 Å². The summed E-state index contributed by atoms with van der Waals surface area (Å²) in [6, 6.07) is 10.4. The number of hydrogen-bond donors (Lipinski definition) is 2. The summed E-state index contributed by atoms with van der Waals surface area (Å²) in [6.07, 6.45) is -0.775. The number of nitrogens with two attached hydrogens (primary N) is 1. The quantitative estimate of drug-likeness (QED) is 0.597. The average molecular weight is 395 g/mol. The Hall–Kier alpha value is -2.41. The Morgan fingerprint density at radius 1 is 1.25 bits per heavy atom. The second kappa shape index (κ2) is 7.92. The highest BCUT2D eigenvalue weighted by Crippen LogP contribution is 2.20. The van der Waals surface area contributed by atoms with Crippen LogP contribution >= 0.6 is 15.9 Å². The molecule has 2 rings (SSSR count). The lowest BCUT2D eigenvalue weighted by Gasteiger charge is -2.16. The van der Waals surface area contributed by atoms with Crippen LogP contribution in [0.1, 0.15) is 23.7 Å². The molecular formula is C17H16BrFN2O3. The molecule has 3 N–H and O–H groups in total. The number of amides is 1. The third kappa shape index (κ3) is 4.55. The summed E-state index contributed by atoms with van der Waals surface area (Å²) in [6.45, 7) is 1.69. The van der Waals surface area contributed by atoms with Gasteiger partial charge in [-0.05, 0) is 48.9 Å². The molecule has 0 aliphatic rings. The fourth-order valence-electron chi connectivity index (χ4n) is 1.94. The van der Waals surface area contributed by atoms with Crippen molar-refractivity contribution in [2.24, 2.45) is 0 Å². The van der Waals surface area contributed by atoms with E-state index in [0.29, 0.717) is 10.2 Å². The molecule has 126 valence electrons. The van der Waals surface area contributed by atoms with E-state index in [2.05, 4.69) is 21.2 Å². The zero-order chi connectivity index (χ0) is 17.7. The summed E-state index contributed by atoms with van der Waals surface area (Å²) in [5.74, 6) is -1.83. The maximum Gasteiger partial charge on any atom is 0.338 e. The minimum Gasteiger partial charge on any atom is -0.449 e. The molecule has 24 heavy (non-hydrogen) atoms. The maximum atomic E-state index is 13.8. The van der Waals surface area contributed by atoms with Crippen LogP contribution in [0.2, 0.25) is 0 Å². The lowest BCUT2D eigenvalue weighted by molar-refractivity contribution is -0.124. The van der Waals surface area contributed by atoms with Gasteiger partial charge in [-0.15, -0.1) is 0 Å². The maximum absolute atomic E-state index is 13.8. The van der Waals surface area contributed by atoms with Crippen molar-refractivity contribution in [3.8, 4) is 0 Å². The summed E-state index contributed by atoms with van der Waals surface area (Å²) in [5, 5.41) is 2.42. The van der Waals surface area contributed by atoms with Crippen molar-refractivity contribution >= 4 is 39.2 Å². The van der Waals surface area contributed by atoms with E-state index in [9.17, 15) is 14.0 Å². The van der Waals surface area contributed by atoms with Crippen molar-refractivity contribution in [1.82, 2.24) is 0 Å². The van der Waals surface area contributed by atoms with Gasteiger partial charge in [0, 0.05) is 10.2 Å². The molecule has 0 aliphatic heterocycles. The van der Waals surface area contributed by atoms with Crippen molar-refractivity contribution in [3.63, 3.8) is 0 Å². The van der Waals surface area contributed by atoms with Crippen LogP contribution in [0, 0.1) is 5.82 Å². The van der Waals surface area contributed by atoms with Crippen molar-refractivity contribution in [2.45, 2.75) is 19.4 Å². The number of anilines is 2. The molecule has 0 aliphatic carbocycles. The van der Waals surface area contributed by atoms with E-state index >= 15 is 0 Å². The summed E-state index contributed by atoms with van der Waals surface area (Å²) in [4.78, 5) is 24.3. The van der Waals surface area contributed by atoms with Gasteiger partial charge in [0.2, 0.25) is 0 Å². The predicted octanol–water partition coefficient (Wildman–Crippen LogP) is 3.74. The number of esters is 1. The van der Waals surface area contributed by atoms with E-state index in [1.54, 1.807) is 25.1 Å². The van der Waals surface area contributed by atoms with Crippen LogP contribution in [0.5, 0.6) is 0 Å². The molecule has 0 radical (unpaired) electrons. The third-order valence-corrected chi connectivity index (χ3v) is 3.74. The molecule has 0 bridgehead atoms. The molecule has 0 spiro atoms. The number of nitrogens with one attached hydrogen (secondary N) is 1. The summed E-state index contributed by atoms with van der Waals surface area (Å²) >= 11 is 3.14. The van der Waals surface area contributed by atoms with Gasteiger partial charge in [-0.25, -0.2) is 9.18 Å². The Balaban J connectivity index is 2.05. The highest BCUT2D eigenvalue weighted by molar-refractivity contribution is 9.10. The molecule has 0 saturated heterocycles. The molecule has 0 heterocycles. The van der Waals surface area contributed by atoms with Crippen LogP contribution < -0.4 is 11.1 Å². The second-order valence-corrected chi connectivity index (χ2v) is 5.95. The van der Waals surface area contributed by atoms with Gasteiger partial charge in [0.15, 0.2) is 6.10 Å². The minimum absolute atomic E-state index is 0.0187. The van der Waals surface area contributed by atoms with Gasteiger partial charge in [-0.1, -0.05) is 22.9 Å². The van der Waals surface area contributed by atoms with Gasteiger partial charge in [-0.3, -0.25) is 4.79 Å². The molecule has 7 heteroatoms. The molecule has 2 aromatic carbocycles. The standard InChI is InChI=1S/C17H16BrFN2O3/c1-2-15(24-17(23)10-3-6-12(20)7-4-10)16(22)21-14-8-5-11(18)9-13(14)19/h3-9,15H,2,20H2,1H3,(H,21,22). The highest BCUT2D eigenvalue weighted by Gasteiger charge is 2.23. The van der Waals surface area contributed by atoms with Gasteiger partial charge < -0.3 is 15.8 Å². The van der Waals surface area contributed by atoms with Crippen LogP contribution in [-0.4, -0.2) is 18.0 Å². The van der Waals surface area contributed by atoms with E-state index in [1.165, 1.54) is 24.3 Å². The van der Waals surface area contributed by atoms with Gasteiger partial charge in [0.25, 0.3) is 5.91 Å². The van der Waals surface area contributed by atoms with E-state index in [1.807, 2.05) is 0 Å². The van der Waals surface area contributed by atoms with Crippen molar-refractivity contribution in [2.75, 3.05) is 11.1 Å². The Labute approximate surface area is 147 Å². The Morgan fingerprint density at radius 3 is 2.50 bits per heavy atom. The monoisotopic (exact) mass is 394 g/mol. The van der Waals surface area contributed by atoms with Crippen LogP contribution in [0.4, 0.5) is 15.8 Å². The van der Waals surface area contributed by atoms with Crippen LogP contribution in [0.25, 0.3) is 0 Å². The molecular weight excluding hydrogens is 379 g/mol. The number of rotatable bonds is 5. The molecule has 1 amide bonds. The first-order valence-corrected chi connectivity index (χ1v) is 8.02. The Morgan fingerprint density at radius 2 is 1.92 bits per heavy atom. The molecule has 5 nitrogen and oxygen atoms in total. The summed E-state index contributed by atoms with van der Waals surface area (Å²) in [5.41, 5.74) is 6.38. The lowest BCUT2D eigenvalue weighted by Crippen LogP contribution is -2.32. The Kier molecular flexibility index (Phi) is 5.92. The number of ether oxygens (including phenoxy) is 1. The predicted molar refractivity (Wildman–Crippen MR) is 93.1 cm³/mol. The lowest BCUT2D eigenvalue weighted by atomic mass is 10.2. The number of carbonyl (C=O) groups excluding carboxylic acids is 2. The fourth-order valence-corrected chi connectivity index (χ4v) is 2.28. The smallest absolute Gasteiger partial charge is 0.338 e. The number of halogens is 2. The third-order valence-electron chi connectivity index (χ3n) is 3.25. The van der Waals surface area contributed by atoms with E-state index in [0.717, 1.165) is 0 Å². The van der Waals surface area contributed by atoms with Gasteiger partial charge in [0.1, 0.15) is 5.82 Å². The molecule has 1 atom stereocenters. The average Bonchev–Trinajstić information content (AvgIpc) is 2.55. The van der Waals surface area contributed by atoms with Crippen LogP contribution in [0.3, 0.4) is 0 Å². The number of benzene rings is 2. The molecule has 0 aromatic heterocycles. The van der Waals surface area contributed by atoms with Crippen LogP contribution in [-0.2, 0) is 9.53 Å². The molecule has 1 unspecified atom stereocenters. The van der Waals surface area contributed by atoms with E-state index in [-0.39, 0.29) is 17.7 Å². The highest BCUT2D eigenvalue weighted by atomic mass is 79.9. The largest absolute Gasteiger partial charge is 0.449 e. The summed E-state index contributed by atoms with van der Waals surface area (Å²) < 4.78 is 19.5. The Bertz CT molecular complexity index is 750. The second-order valence-electron chi connectivity index (χ2n) is 5.04. The molecule has 0 fully saturated rings. The first-order valence-electron chi connectivity index (χ1n) is 7.23. The van der Waals surface area contributed by atoms with E-state index < -0.39 is 23.8 Å². The number of hydrogen-bond acceptors (Lipinski definition) is 4. The number of carbonyl (C=O) groups is 2. The molecule has 2 aromatic rings. The summed E-state index contributed by atoms with van der Waals surface area (Å²) in [7, 11) is 0. The van der Waals surface area contributed by atoms with Crippen molar-refractivity contribution in [3.05, 3.63) is 58.3 Å². The van der Waals surface area contributed by atoms with E-state index in [4.69, 9.17) is 10.5 Å². The van der Waals surface area contributed by atoms with Gasteiger partial charge >= 0.3 is 5.97 Å². The zero-order valence-corrected chi connectivity index (χ0v) is 14.5. The minimum atomic E-state index is -1.03. The normalized spacial score (nSPS) is 11.6. The van der Waals surface area contributed by atoms with Crippen molar-refractivity contribution in [1.29, 1.82) is 0 Å².